The van der Waals surface area contributed by atoms with Crippen molar-refractivity contribution in [1.29, 1.82) is 0 Å². The Hall–Kier alpha value is -0.850. The van der Waals surface area contributed by atoms with E-state index in [1.807, 2.05) is 11.8 Å². The van der Waals surface area contributed by atoms with Gasteiger partial charge in [0, 0.05) is 53.6 Å². The average Bonchev–Trinajstić information content (AvgIpc) is 2.51. The van der Waals surface area contributed by atoms with E-state index < -0.39 is 0 Å². The van der Waals surface area contributed by atoms with Crippen LogP contribution in [-0.2, 0) is 11.3 Å². The van der Waals surface area contributed by atoms with E-state index >= 15 is 0 Å². The van der Waals surface area contributed by atoms with E-state index in [9.17, 15) is 9.18 Å². The smallest absolute Gasteiger partial charge is 0.224 e. The van der Waals surface area contributed by atoms with E-state index in [2.05, 4.69) is 27.8 Å². The number of amides is 1. The third-order valence-corrected chi connectivity index (χ3v) is 5.11. The minimum absolute atomic E-state index is 0.0271. The van der Waals surface area contributed by atoms with Crippen LogP contribution in [0, 0.1) is 5.82 Å². The quantitative estimate of drug-likeness (QED) is 0.761. The van der Waals surface area contributed by atoms with Gasteiger partial charge in [-0.3, -0.25) is 4.79 Å². The lowest BCUT2D eigenvalue weighted by Gasteiger charge is -2.27. The topological polar surface area (TPSA) is 32.3 Å². The summed E-state index contributed by atoms with van der Waals surface area (Å²) < 4.78 is 14.7. The highest BCUT2D eigenvalue weighted by Gasteiger charge is 2.21. The van der Waals surface area contributed by atoms with Gasteiger partial charge in [0.15, 0.2) is 0 Å². The van der Waals surface area contributed by atoms with Gasteiger partial charge in [-0.2, -0.15) is 11.8 Å². The van der Waals surface area contributed by atoms with Crippen LogP contribution in [0.5, 0.6) is 0 Å². The van der Waals surface area contributed by atoms with Crippen molar-refractivity contribution in [2.24, 2.45) is 0 Å². The van der Waals surface area contributed by atoms with Crippen LogP contribution >= 0.6 is 27.7 Å². The van der Waals surface area contributed by atoms with Gasteiger partial charge in [0.05, 0.1) is 0 Å². The fourth-order valence-electron chi connectivity index (χ4n) is 2.37. The monoisotopic (exact) mass is 386 g/mol. The second-order valence-electron chi connectivity index (χ2n) is 5.23. The maximum absolute atomic E-state index is 13.9. The molecule has 1 aromatic rings. The van der Waals surface area contributed by atoms with Crippen molar-refractivity contribution in [3.8, 4) is 0 Å². The average molecular weight is 387 g/mol. The zero-order valence-corrected chi connectivity index (χ0v) is 14.8. The van der Waals surface area contributed by atoms with E-state index in [0.29, 0.717) is 18.5 Å². The first kappa shape index (κ1) is 17.5. The zero-order valence-electron chi connectivity index (χ0n) is 12.4. The van der Waals surface area contributed by atoms with Gasteiger partial charge in [-0.15, -0.1) is 6.58 Å². The fourth-order valence-corrected chi connectivity index (χ4v) is 3.73. The highest BCUT2D eigenvalue weighted by atomic mass is 79.9. The first-order valence-corrected chi connectivity index (χ1v) is 9.18. The van der Waals surface area contributed by atoms with Crippen LogP contribution < -0.4 is 5.32 Å². The van der Waals surface area contributed by atoms with Crippen molar-refractivity contribution in [2.75, 3.05) is 24.6 Å². The van der Waals surface area contributed by atoms with Crippen molar-refractivity contribution in [1.82, 2.24) is 10.2 Å². The van der Waals surface area contributed by atoms with Crippen LogP contribution in [0.25, 0.3) is 0 Å². The molecule has 0 aromatic heterocycles. The minimum atomic E-state index is -0.295. The third kappa shape index (κ3) is 5.11. The first-order valence-electron chi connectivity index (χ1n) is 7.24. The number of hydrogen-bond donors (Lipinski definition) is 1. The molecule has 1 aromatic carbocycles. The number of nitrogens with one attached hydrogen (secondary N) is 1. The number of thioether (sulfide) groups is 1. The fraction of sp³-hybridized carbons (Fsp3) is 0.438. The molecule has 1 unspecified atom stereocenters. The van der Waals surface area contributed by atoms with Gasteiger partial charge in [-0.1, -0.05) is 22.0 Å². The number of carbonyl (C=O) groups excluding carboxylic acids is 1. The number of rotatable bonds is 6. The van der Waals surface area contributed by atoms with Crippen LogP contribution in [0.2, 0.25) is 0 Å². The molecular formula is C16H20BrFN2OS. The summed E-state index contributed by atoms with van der Waals surface area (Å²) in [4.78, 5) is 14.1. The predicted molar refractivity (Wildman–Crippen MR) is 93.4 cm³/mol. The van der Waals surface area contributed by atoms with Crippen LogP contribution in [0.4, 0.5) is 4.39 Å². The van der Waals surface area contributed by atoms with Gasteiger partial charge in [0.2, 0.25) is 5.91 Å². The Bertz CT molecular complexity index is 535. The van der Waals surface area contributed by atoms with Crippen LogP contribution in [0.3, 0.4) is 0 Å². The molecule has 6 heteroatoms. The normalized spacial score (nSPS) is 18.0. The Kier molecular flexibility index (Phi) is 6.92. The molecule has 22 heavy (non-hydrogen) atoms. The Morgan fingerprint density at radius 2 is 2.41 bits per heavy atom. The lowest BCUT2D eigenvalue weighted by molar-refractivity contribution is -0.131. The molecule has 1 aliphatic heterocycles. The van der Waals surface area contributed by atoms with Crippen LogP contribution in [0.15, 0.2) is 35.3 Å². The summed E-state index contributed by atoms with van der Waals surface area (Å²) in [6.45, 7) is 5.31. The maximum Gasteiger partial charge on any atom is 0.224 e. The van der Waals surface area contributed by atoms with Gasteiger partial charge < -0.3 is 10.2 Å². The first-order chi connectivity index (χ1) is 10.6. The summed E-state index contributed by atoms with van der Waals surface area (Å²) in [6.07, 6.45) is 2.12. The van der Waals surface area contributed by atoms with Crippen molar-refractivity contribution in [2.45, 2.75) is 19.0 Å². The highest BCUT2D eigenvalue weighted by Crippen LogP contribution is 2.18. The van der Waals surface area contributed by atoms with Gasteiger partial charge in [-0.05, 0) is 18.2 Å². The molecule has 0 saturated carbocycles. The Morgan fingerprint density at radius 3 is 3.09 bits per heavy atom. The van der Waals surface area contributed by atoms with E-state index in [1.54, 1.807) is 23.1 Å². The molecule has 0 radical (unpaired) electrons. The minimum Gasteiger partial charge on any atom is -0.335 e. The van der Waals surface area contributed by atoms with Gasteiger partial charge in [0.25, 0.3) is 0 Å². The molecule has 120 valence electrons. The third-order valence-electron chi connectivity index (χ3n) is 3.49. The summed E-state index contributed by atoms with van der Waals surface area (Å²) in [6, 6.07) is 4.98. The number of benzene rings is 1. The van der Waals surface area contributed by atoms with E-state index in [4.69, 9.17) is 0 Å². The van der Waals surface area contributed by atoms with Crippen LogP contribution in [-0.4, -0.2) is 41.4 Å². The molecule has 1 heterocycles. The Morgan fingerprint density at radius 1 is 1.59 bits per heavy atom. The molecule has 1 amide bonds. The van der Waals surface area contributed by atoms with E-state index in [0.717, 1.165) is 22.5 Å². The Balaban J connectivity index is 2.03. The molecule has 0 bridgehead atoms. The highest BCUT2D eigenvalue weighted by molar-refractivity contribution is 9.10. The molecule has 0 aliphatic carbocycles. The molecule has 2 rings (SSSR count). The summed E-state index contributed by atoms with van der Waals surface area (Å²) in [5.74, 6) is 1.76. The molecule has 0 spiro atoms. The van der Waals surface area contributed by atoms with Gasteiger partial charge in [0.1, 0.15) is 5.82 Å². The zero-order chi connectivity index (χ0) is 15.9. The number of nitrogens with zero attached hydrogens (tertiary/aromatic N) is 1. The van der Waals surface area contributed by atoms with E-state index in [-0.39, 0.29) is 24.3 Å². The number of carbonyl (C=O) groups is 1. The largest absolute Gasteiger partial charge is 0.335 e. The number of halogens is 2. The molecule has 1 N–H and O–H groups in total. The van der Waals surface area contributed by atoms with Crippen LogP contribution in [0.1, 0.15) is 12.0 Å². The molecule has 1 aliphatic rings. The lowest BCUT2D eigenvalue weighted by Crippen LogP contribution is -2.42. The van der Waals surface area contributed by atoms with Crippen molar-refractivity contribution >= 4 is 33.6 Å². The maximum atomic E-state index is 13.9. The predicted octanol–water partition coefficient (Wildman–Crippen LogP) is 3.20. The van der Waals surface area contributed by atoms with Gasteiger partial charge >= 0.3 is 0 Å². The van der Waals surface area contributed by atoms with E-state index in [1.165, 1.54) is 6.07 Å². The molecule has 1 fully saturated rings. The summed E-state index contributed by atoms with van der Waals surface area (Å²) in [5.41, 5.74) is 0.510. The summed E-state index contributed by atoms with van der Waals surface area (Å²) in [5, 5.41) is 3.36. The SMILES string of the molecule is C=CCN(Cc1cc(Br)ccc1F)C(=O)CC1CSCCN1. The second-order valence-corrected chi connectivity index (χ2v) is 7.29. The van der Waals surface area contributed by atoms with Crippen molar-refractivity contribution in [3.05, 3.63) is 46.7 Å². The van der Waals surface area contributed by atoms with Gasteiger partial charge in [-0.25, -0.2) is 4.39 Å². The van der Waals surface area contributed by atoms with Crippen molar-refractivity contribution < 1.29 is 9.18 Å². The lowest BCUT2D eigenvalue weighted by atomic mass is 10.1. The molecule has 1 saturated heterocycles. The molecule has 1 atom stereocenters. The van der Waals surface area contributed by atoms with Crippen molar-refractivity contribution in [3.63, 3.8) is 0 Å². The standard InChI is InChI=1S/C16H20BrFN2OS/c1-2-6-20(10-12-8-13(17)3-4-15(12)18)16(21)9-14-11-22-7-5-19-14/h2-4,8,14,19H,1,5-7,9-11H2. The Labute approximate surface area is 143 Å². The second kappa shape index (κ2) is 8.70. The summed E-state index contributed by atoms with van der Waals surface area (Å²) in [7, 11) is 0. The molecule has 3 nitrogen and oxygen atoms in total. The molecular weight excluding hydrogens is 367 g/mol. The number of hydrogen-bond acceptors (Lipinski definition) is 3. The summed E-state index contributed by atoms with van der Waals surface area (Å²) >= 11 is 5.20.